The number of imidazole rings is 1. The summed E-state index contributed by atoms with van der Waals surface area (Å²) in [6, 6.07) is 3.92. The summed E-state index contributed by atoms with van der Waals surface area (Å²) in [5.41, 5.74) is 2.53. The number of hydrogen-bond acceptors (Lipinski definition) is 6. The molecule has 1 aliphatic rings. The lowest BCUT2D eigenvalue weighted by Gasteiger charge is -2.36. The maximum atomic E-state index is 13.3. The van der Waals surface area contributed by atoms with Gasteiger partial charge in [0.2, 0.25) is 0 Å². The summed E-state index contributed by atoms with van der Waals surface area (Å²) in [6.07, 6.45) is 2.26. The van der Waals surface area contributed by atoms with E-state index in [4.69, 9.17) is 14.2 Å². The molecule has 9 heteroatoms. The smallest absolute Gasteiger partial charge is 0.328 e. The number of urea groups is 1. The first-order valence-electron chi connectivity index (χ1n) is 9.79. The minimum absolute atomic E-state index is 0.123. The number of nitrogens with one attached hydrogen (secondary N) is 2. The maximum Gasteiger partial charge on any atom is 0.328 e. The lowest BCUT2D eigenvalue weighted by atomic mass is 9.95. The van der Waals surface area contributed by atoms with E-state index in [-0.39, 0.29) is 11.9 Å². The van der Waals surface area contributed by atoms with Crippen LogP contribution in [0.4, 0.5) is 4.79 Å². The first-order valence-corrected chi connectivity index (χ1v) is 9.79. The Morgan fingerprint density at radius 1 is 1.17 bits per heavy atom. The average molecular weight is 416 g/mol. The second kappa shape index (κ2) is 9.06. The number of methoxy groups -OCH3 is 3. The molecule has 162 valence electrons. The number of aromatic amines is 1. The molecule has 9 nitrogen and oxygen atoms in total. The SMILES string of the molecule is COC(=O)[C@@H](NC(=O)N1CCc2[nH]cnc2[C@@H]1c1cc(OC)cc(OC)c1)C(C)C. The monoisotopic (exact) mass is 416 g/mol. The van der Waals surface area contributed by atoms with Crippen LogP contribution in [0.5, 0.6) is 11.5 Å². The lowest BCUT2D eigenvalue weighted by molar-refractivity contribution is -0.144. The van der Waals surface area contributed by atoms with E-state index in [0.717, 1.165) is 17.0 Å². The first kappa shape index (κ1) is 21.5. The van der Waals surface area contributed by atoms with Crippen molar-refractivity contribution in [2.24, 2.45) is 5.92 Å². The molecule has 1 aliphatic heterocycles. The molecule has 2 heterocycles. The minimum atomic E-state index is -0.747. The summed E-state index contributed by atoms with van der Waals surface area (Å²) < 4.78 is 15.7. The zero-order chi connectivity index (χ0) is 21.8. The van der Waals surface area contributed by atoms with E-state index < -0.39 is 18.1 Å². The number of carbonyl (C=O) groups excluding carboxylic acids is 2. The number of esters is 1. The van der Waals surface area contributed by atoms with Gasteiger partial charge in [0, 0.05) is 24.7 Å². The van der Waals surface area contributed by atoms with E-state index >= 15 is 0 Å². The molecule has 1 aromatic heterocycles. The number of carbonyl (C=O) groups is 2. The van der Waals surface area contributed by atoms with Crippen molar-refractivity contribution in [3.05, 3.63) is 41.5 Å². The van der Waals surface area contributed by atoms with Crippen LogP contribution in [-0.2, 0) is 16.0 Å². The zero-order valence-corrected chi connectivity index (χ0v) is 17.9. The fourth-order valence-electron chi connectivity index (χ4n) is 3.66. The van der Waals surface area contributed by atoms with Crippen LogP contribution in [0.1, 0.15) is 36.8 Å². The summed E-state index contributed by atoms with van der Waals surface area (Å²) in [6.45, 7) is 4.17. The number of ether oxygens (including phenoxy) is 3. The summed E-state index contributed by atoms with van der Waals surface area (Å²) in [5, 5.41) is 2.83. The molecule has 0 aliphatic carbocycles. The molecule has 2 aromatic rings. The summed E-state index contributed by atoms with van der Waals surface area (Å²) in [5.74, 6) is 0.627. The number of aromatic nitrogens is 2. The number of hydrogen-bond donors (Lipinski definition) is 2. The van der Waals surface area contributed by atoms with E-state index in [9.17, 15) is 9.59 Å². The summed E-state index contributed by atoms with van der Waals surface area (Å²) in [4.78, 5) is 34.7. The molecule has 2 atom stereocenters. The van der Waals surface area contributed by atoms with Crippen molar-refractivity contribution in [1.82, 2.24) is 20.2 Å². The van der Waals surface area contributed by atoms with Crippen molar-refractivity contribution >= 4 is 12.0 Å². The van der Waals surface area contributed by atoms with Gasteiger partial charge in [-0.3, -0.25) is 0 Å². The van der Waals surface area contributed by atoms with Crippen molar-refractivity contribution in [3.8, 4) is 11.5 Å². The highest BCUT2D eigenvalue weighted by Crippen LogP contribution is 2.37. The van der Waals surface area contributed by atoms with Crippen LogP contribution in [-0.4, -0.2) is 60.8 Å². The fourth-order valence-corrected chi connectivity index (χ4v) is 3.66. The van der Waals surface area contributed by atoms with Gasteiger partial charge in [0.15, 0.2) is 0 Å². The predicted octanol–water partition coefficient (Wildman–Crippen LogP) is 2.28. The first-order chi connectivity index (χ1) is 14.4. The summed E-state index contributed by atoms with van der Waals surface area (Å²) >= 11 is 0. The van der Waals surface area contributed by atoms with Crippen molar-refractivity contribution < 1.29 is 23.8 Å². The molecule has 3 rings (SSSR count). The third-order valence-electron chi connectivity index (χ3n) is 5.28. The highest BCUT2D eigenvalue weighted by Gasteiger charge is 2.36. The molecule has 30 heavy (non-hydrogen) atoms. The van der Waals surface area contributed by atoms with Crippen LogP contribution in [0.15, 0.2) is 24.5 Å². The van der Waals surface area contributed by atoms with E-state index in [1.807, 2.05) is 26.0 Å². The topological polar surface area (TPSA) is 106 Å². The van der Waals surface area contributed by atoms with Crippen LogP contribution in [0.25, 0.3) is 0 Å². The van der Waals surface area contributed by atoms with E-state index in [1.165, 1.54) is 7.11 Å². The molecule has 1 aromatic carbocycles. The van der Waals surface area contributed by atoms with Gasteiger partial charge >= 0.3 is 12.0 Å². The molecule has 2 amide bonds. The Morgan fingerprint density at radius 3 is 2.40 bits per heavy atom. The molecule has 0 bridgehead atoms. The zero-order valence-electron chi connectivity index (χ0n) is 17.9. The number of rotatable bonds is 6. The van der Waals surface area contributed by atoms with Crippen molar-refractivity contribution in [2.45, 2.75) is 32.4 Å². The molecule has 0 saturated heterocycles. The second-order valence-electron chi connectivity index (χ2n) is 7.45. The van der Waals surface area contributed by atoms with Crippen molar-refractivity contribution in [2.75, 3.05) is 27.9 Å². The normalized spacial score (nSPS) is 16.6. The van der Waals surface area contributed by atoms with E-state index in [2.05, 4.69) is 15.3 Å². The van der Waals surface area contributed by atoms with Crippen molar-refractivity contribution in [3.63, 3.8) is 0 Å². The molecule has 2 N–H and O–H groups in total. The highest BCUT2D eigenvalue weighted by molar-refractivity contribution is 5.84. The Morgan fingerprint density at radius 2 is 1.83 bits per heavy atom. The van der Waals surface area contributed by atoms with Gasteiger partial charge in [-0.15, -0.1) is 0 Å². The van der Waals surface area contributed by atoms with Gasteiger partial charge in [-0.05, 0) is 23.6 Å². The average Bonchev–Trinajstić information content (AvgIpc) is 3.24. The van der Waals surface area contributed by atoms with Gasteiger partial charge in [0.05, 0.1) is 33.4 Å². The van der Waals surface area contributed by atoms with Crippen LogP contribution in [0.3, 0.4) is 0 Å². The number of benzene rings is 1. The molecule has 0 spiro atoms. The number of H-pyrrole nitrogens is 1. The van der Waals surface area contributed by atoms with Gasteiger partial charge in [-0.1, -0.05) is 13.8 Å². The molecular formula is C21H28N4O5. The molecule has 0 saturated carbocycles. The van der Waals surface area contributed by atoms with Crippen LogP contribution in [0, 0.1) is 5.92 Å². The standard InChI is InChI=1S/C21H28N4O5/c1-12(2)17(20(26)30-5)24-21(27)25-7-6-16-18(23-11-22-16)19(25)13-8-14(28-3)10-15(9-13)29-4/h8-12,17,19H,6-7H2,1-5H3,(H,22,23)(H,24,27)/t17-,19-/m0/s1. The summed E-state index contributed by atoms with van der Waals surface area (Å²) in [7, 11) is 4.47. The Labute approximate surface area is 175 Å². The second-order valence-corrected chi connectivity index (χ2v) is 7.45. The van der Waals surface area contributed by atoms with Gasteiger partial charge in [-0.2, -0.15) is 0 Å². The van der Waals surface area contributed by atoms with Gasteiger partial charge in [-0.25, -0.2) is 14.6 Å². The Kier molecular flexibility index (Phi) is 6.49. The van der Waals surface area contributed by atoms with Crippen LogP contribution < -0.4 is 14.8 Å². The molecule has 0 radical (unpaired) electrons. The Balaban J connectivity index is 2.00. The highest BCUT2D eigenvalue weighted by atomic mass is 16.5. The van der Waals surface area contributed by atoms with Crippen LogP contribution in [0.2, 0.25) is 0 Å². The third kappa shape index (κ3) is 4.19. The Hall–Kier alpha value is -3.23. The van der Waals surface area contributed by atoms with Gasteiger partial charge < -0.3 is 29.4 Å². The minimum Gasteiger partial charge on any atom is -0.497 e. The fraction of sp³-hybridized carbons (Fsp3) is 0.476. The Bertz CT molecular complexity index is 888. The maximum absolute atomic E-state index is 13.3. The lowest BCUT2D eigenvalue weighted by Crippen LogP contribution is -2.53. The quantitative estimate of drug-likeness (QED) is 0.700. The van der Waals surface area contributed by atoms with Gasteiger partial charge in [0.25, 0.3) is 0 Å². The van der Waals surface area contributed by atoms with E-state index in [1.54, 1.807) is 31.5 Å². The number of fused-ring (bicyclic) bond motifs is 1. The molecular weight excluding hydrogens is 388 g/mol. The molecule has 0 fully saturated rings. The van der Waals surface area contributed by atoms with Gasteiger partial charge in [0.1, 0.15) is 23.6 Å². The predicted molar refractivity (Wildman–Crippen MR) is 110 cm³/mol. The number of amides is 2. The number of nitrogens with zero attached hydrogens (tertiary/aromatic N) is 2. The van der Waals surface area contributed by atoms with E-state index in [0.29, 0.717) is 24.5 Å². The molecule has 0 unspecified atom stereocenters. The van der Waals surface area contributed by atoms with Crippen molar-refractivity contribution in [1.29, 1.82) is 0 Å². The largest absolute Gasteiger partial charge is 0.497 e. The third-order valence-corrected chi connectivity index (χ3v) is 5.28. The van der Waals surface area contributed by atoms with Crippen LogP contribution >= 0.6 is 0 Å².